The van der Waals surface area contributed by atoms with Gasteiger partial charge in [0.1, 0.15) is 5.52 Å². The highest BCUT2D eigenvalue weighted by molar-refractivity contribution is 5.86. The molecule has 212 valence electrons. The van der Waals surface area contributed by atoms with E-state index in [0.29, 0.717) is 5.89 Å². The first-order valence-corrected chi connectivity index (χ1v) is 15.1. The van der Waals surface area contributed by atoms with Gasteiger partial charge in [0.25, 0.3) is 0 Å². The van der Waals surface area contributed by atoms with Crippen LogP contribution in [0, 0.1) is 0 Å². The van der Waals surface area contributed by atoms with Crippen LogP contribution in [0.3, 0.4) is 0 Å². The molecule has 2 heterocycles. The van der Waals surface area contributed by atoms with Crippen molar-refractivity contribution in [3.8, 4) is 67.1 Å². The van der Waals surface area contributed by atoms with Gasteiger partial charge in [0.2, 0.25) is 5.89 Å². The molecule has 3 nitrogen and oxygen atoms in total. The van der Waals surface area contributed by atoms with Crippen LogP contribution < -0.4 is 0 Å². The monoisotopic (exact) mass is 576 g/mol. The van der Waals surface area contributed by atoms with Crippen LogP contribution >= 0.6 is 0 Å². The van der Waals surface area contributed by atoms with Crippen LogP contribution in [0.25, 0.3) is 78.2 Å². The lowest BCUT2D eigenvalue weighted by molar-refractivity contribution is 0.620. The fourth-order valence-corrected chi connectivity index (χ4v) is 5.81. The molecule has 3 heteroatoms. The van der Waals surface area contributed by atoms with Crippen LogP contribution in [0.1, 0.15) is 0 Å². The summed E-state index contributed by atoms with van der Waals surface area (Å²) in [6, 6.07) is 55.1. The van der Waals surface area contributed by atoms with Gasteiger partial charge in [-0.05, 0) is 104 Å². The second-order valence-electron chi connectivity index (χ2n) is 11.1. The molecule has 0 bridgehead atoms. The molecule has 0 aliphatic heterocycles. The van der Waals surface area contributed by atoms with E-state index in [1.807, 2.05) is 18.3 Å². The van der Waals surface area contributed by atoms with Gasteiger partial charge in [-0.2, -0.15) is 0 Å². The molecule has 2 aromatic heterocycles. The SMILES string of the molecule is c1ccc(-c2cc(-c3ccccc3)cc(-c3ccc4oc(-c5ccc(-c6ccc(-c7cccnc7)cc6)cc5)nc4c3)c2)cc1. The van der Waals surface area contributed by atoms with Crippen LogP contribution in [0.15, 0.2) is 175 Å². The highest BCUT2D eigenvalue weighted by Crippen LogP contribution is 2.35. The Bertz CT molecular complexity index is 2160. The molecule has 0 saturated carbocycles. The third kappa shape index (κ3) is 5.44. The Kier molecular flexibility index (Phi) is 6.82. The van der Waals surface area contributed by atoms with E-state index in [9.17, 15) is 0 Å². The van der Waals surface area contributed by atoms with Crippen molar-refractivity contribution in [2.75, 3.05) is 0 Å². The number of aromatic nitrogens is 2. The van der Waals surface area contributed by atoms with Gasteiger partial charge >= 0.3 is 0 Å². The maximum atomic E-state index is 6.22. The molecule has 0 fully saturated rings. The summed E-state index contributed by atoms with van der Waals surface area (Å²) in [7, 11) is 0. The van der Waals surface area contributed by atoms with Crippen molar-refractivity contribution in [3.05, 3.63) is 170 Å². The molecule has 0 unspecified atom stereocenters. The summed E-state index contributed by atoms with van der Waals surface area (Å²) < 4.78 is 6.22. The van der Waals surface area contributed by atoms with Crippen molar-refractivity contribution in [1.82, 2.24) is 9.97 Å². The van der Waals surface area contributed by atoms with E-state index < -0.39 is 0 Å². The lowest BCUT2D eigenvalue weighted by Crippen LogP contribution is -1.86. The fourth-order valence-electron chi connectivity index (χ4n) is 5.81. The van der Waals surface area contributed by atoms with Crippen molar-refractivity contribution >= 4 is 11.1 Å². The molecule has 6 aromatic carbocycles. The van der Waals surface area contributed by atoms with E-state index >= 15 is 0 Å². The molecule has 8 aromatic rings. The predicted molar refractivity (Wildman–Crippen MR) is 184 cm³/mol. The van der Waals surface area contributed by atoms with Crippen LogP contribution in [0.4, 0.5) is 0 Å². The number of oxazole rings is 1. The molecule has 0 saturated heterocycles. The summed E-state index contributed by atoms with van der Waals surface area (Å²) in [6.07, 6.45) is 3.68. The molecule has 45 heavy (non-hydrogen) atoms. The van der Waals surface area contributed by atoms with E-state index in [4.69, 9.17) is 9.40 Å². The maximum absolute atomic E-state index is 6.22. The zero-order valence-corrected chi connectivity index (χ0v) is 24.5. The summed E-state index contributed by atoms with van der Waals surface area (Å²) >= 11 is 0. The van der Waals surface area contributed by atoms with E-state index in [2.05, 4.69) is 151 Å². The summed E-state index contributed by atoms with van der Waals surface area (Å²) in [5.41, 5.74) is 14.1. The molecule has 0 spiro atoms. The lowest BCUT2D eigenvalue weighted by Gasteiger charge is -2.11. The van der Waals surface area contributed by atoms with Crippen molar-refractivity contribution in [2.24, 2.45) is 0 Å². The van der Waals surface area contributed by atoms with Gasteiger partial charge in [0, 0.05) is 18.0 Å². The van der Waals surface area contributed by atoms with Crippen molar-refractivity contribution in [2.45, 2.75) is 0 Å². The third-order valence-electron chi connectivity index (χ3n) is 8.21. The van der Waals surface area contributed by atoms with Crippen molar-refractivity contribution < 1.29 is 4.42 Å². The molecule has 0 radical (unpaired) electrons. The molecular formula is C42H28N2O. The Labute approximate surface area is 262 Å². The Morgan fingerprint density at radius 2 is 0.822 bits per heavy atom. The molecule has 0 aliphatic rings. The van der Waals surface area contributed by atoms with Crippen LogP contribution in [-0.4, -0.2) is 9.97 Å². The van der Waals surface area contributed by atoms with Gasteiger partial charge in [0.15, 0.2) is 5.58 Å². The van der Waals surface area contributed by atoms with Gasteiger partial charge in [-0.25, -0.2) is 4.98 Å². The minimum Gasteiger partial charge on any atom is -0.436 e. The van der Waals surface area contributed by atoms with Gasteiger partial charge in [-0.3, -0.25) is 4.98 Å². The molecule has 0 amide bonds. The normalized spacial score (nSPS) is 11.1. The first kappa shape index (κ1) is 26.6. The first-order valence-electron chi connectivity index (χ1n) is 15.1. The molecule has 8 rings (SSSR count). The van der Waals surface area contributed by atoms with Gasteiger partial charge in [-0.1, -0.05) is 109 Å². The number of pyridine rings is 1. The molecule has 0 aliphatic carbocycles. The average molecular weight is 577 g/mol. The maximum Gasteiger partial charge on any atom is 0.227 e. The summed E-state index contributed by atoms with van der Waals surface area (Å²) in [6.45, 7) is 0. The summed E-state index contributed by atoms with van der Waals surface area (Å²) in [4.78, 5) is 9.14. The third-order valence-corrected chi connectivity index (χ3v) is 8.21. The predicted octanol–water partition coefficient (Wildman–Crippen LogP) is 11.2. The highest BCUT2D eigenvalue weighted by Gasteiger charge is 2.12. The number of nitrogens with zero attached hydrogens (tertiary/aromatic N) is 2. The second-order valence-corrected chi connectivity index (χ2v) is 11.1. The minimum atomic E-state index is 0.614. The standard InChI is InChI=1S/C42H28N2O/c1-3-8-29(9-4-1)37-24-38(30-10-5-2-6-11-30)26-39(25-37)35-21-22-41-40(27-35)44-42(45-41)34-19-17-32(18-20-34)31-13-15-33(16-14-31)36-12-7-23-43-28-36/h1-28H. The molecular weight excluding hydrogens is 548 g/mol. The Morgan fingerprint density at radius 3 is 1.38 bits per heavy atom. The zero-order chi connectivity index (χ0) is 30.0. The van der Waals surface area contributed by atoms with Crippen LogP contribution in [0.5, 0.6) is 0 Å². The summed E-state index contributed by atoms with van der Waals surface area (Å²) in [5, 5.41) is 0. The summed E-state index contributed by atoms with van der Waals surface area (Å²) in [5.74, 6) is 0.614. The van der Waals surface area contributed by atoms with E-state index in [1.54, 1.807) is 6.20 Å². The topological polar surface area (TPSA) is 38.9 Å². The van der Waals surface area contributed by atoms with Gasteiger partial charge in [0.05, 0.1) is 0 Å². The fraction of sp³-hybridized carbons (Fsp3) is 0. The number of fused-ring (bicyclic) bond motifs is 1. The Balaban J connectivity index is 1.10. The first-order chi connectivity index (χ1) is 22.3. The van der Waals surface area contributed by atoms with Crippen LogP contribution in [-0.2, 0) is 0 Å². The molecule has 0 N–H and O–H groups in total. The number of hydrogen-bond donors (Lipinski definition) is 0. The van der Waals surface area contributed by atoms with E-state index in [-0.39, 0.29) is 0 Å². The minimum absolute atomic E-state index is 0.614. The number of rotatable bonds is 6. The average Bonchev–Trinajstić information content (AvgIpc) is 3.56. The number of benzene rings is 6. The van der Waals surface area contributed by atoms with Crippen LogP contribution in [0.2, 0.25) is 0 Å². The Hall–Kier alpha value is -6.06. The van der Waals surface area contributed by atoms with E-state index in [0.717, 1.165) is 50.0 Å². The lowest BCUT2D eigenvalue weighted by atomic mass is 9.93. The second kappa shape index (κ2) is 11.6. The van der Waals surface area contributed by atoms with Crippen molar-refractivity contribution in [3.63, 3.8) is 0 Å². The van der Waals surface area contributed by atoms with Crippen molar-refractivity contribution in [1.29, 1.82) is 0 Å². The largest absolute Gasteiger partial charge is 0.436 e. The Morgan fingerprint density at radius 1 is 0.356 bits per heavy atom. The van der Waals surface area contributed by atoms with E-state index in [1.165, 1.54) is 22.3 Å². The quantitative estimate of drug-likeness (QED) is 0.198. The van der Waals surface area contributed by atoms with Gasteiger partial charge in [-0.15, -0.1) is 0 Å². The number of hydrogen-bond acceptors (Lipinski definition) is 3. The van der Waals surface area contributed by atoms with Gasteiger partial charge < -0.3 is 4.42 Å². The molecule has 0 atom stereocenters. The highest BCUT2D eigenvalue weighted by atomic mass is 16.3. The smallest absolute Gasteiger partial charge is 0.227 e. The zero-order valence-electron chi connectivity index (χ0n) is 24.5.